The molecule has 1 aromatic rings. The lowest BCUT2D eigenvalue weighted by molar-refractivity contribution is 0.0722. The van der Waals surface area contributed by atoms with Crippen LogP contribution in [0.1, 0.15) is 42.6 Å². The van der Waals surface area contributed by atoms with Crippen molar-refractivity contribution in [1.82, 2.24) is 4.90 Å². The molecule has 0 atom stereocenters. The van der Waals surface area contributed by atoms with Gasteiger partial charge in [-0.1, -0.05) is 37.3 Å². The summed E-state index contributed by atoms with van der Waals surface area (Å²) in [5.74, 6) is 5.81. The normalized spacial score (nSPS) is 13.8. The Bertz CT molecular complexity index is 582. The van der Waals surface area contributed by atoms with Crippen LogP contribution in [0.5, 0.6) is 0 Å². The van der Waals surface area contributed by atoms with Crippen molar-refractivity contribution in [1.29, 1.82) is 0 Å². The molecular weight excluding hydrogens is 286 g/mol. The zero-order valence-corrected chi connectivity index (χ0v) is 13.2. The molecule has 3 nitrogen and oxygen atoms in total. The Morgan fingerprint density at radius 3 is 2.71 bits per heavy atom. The SMILES string of the molecule is CC(C)CN(C(=O)c1ccc(C#CCO)c(Cl)c1)C1CC1. The van der Waals surface area contributed by atoms with Gasteiger partial charge in [-0.05, 0) is 37.0 Å². The third kappa shape index (κ3) is 4.23. The Morgan fingerprint density at radius 2 is 2.19 bits per heavy atom. The van der Waals surface area contributed by atoms with Gasteiger partial charge >= 0.3 is 0 Å². The van der Waals surface area contributed by atoms with Crippen LogP contribution in [0.15, 0.2) is 18.2 Å². The highest BCUT2D eigenvalue weighted by Crippen LogP contribution is 2.29. The van der Waals surface area contributed by atoms with Crippen LogP contribution >= 0.6 is 11.6 Å². The number of nitrogens with zero attached hydrogens (tertiary/aromatic N) is 1. The first-order valence-corrected chi connectivity index (χ1v) is 7.61. The lowest BCUT2D eigenvalue weighted by Gasteiger charge is -2.24. The van der Waals surface area contributed by atoms with E-state index in [-0.39, 0.29) is 12.5 Å². The summed E-state index contributed by atoms with van der Waals surface area (Å²) >= 11 is 6.16. The molecule has 2 rings (SSSR count). The van der Waals surface area contributed by atoms with Crippen molar-refractivity contribution in [3.8, 4) is 11.8 Å². The molecule has 0 saturated heterocycles. The van der Waals surface area contributed by atoms with Crippen molar-refractivity contribution in [3.63, 3.8) is 0 Å². The van der Waals surface area contributed by atoms with Crippen LogP contribution in [-0.4, -0.2) is 35.1 Å². The number of aliphatic hydroxyl groups excluding tert-OH is 1. The van der Waals surface area contributed by atoms with Crippen molar-refractivity contribution >= 4 is 17.5 Å². The van der Waals surface area contributed by atoms with Crippen molar-refractivity contribution < 1.29 is 9.90 Å². The number of halogens is 1. The average molecular weight is 306 g/mol. The Hall–Kier alpha value is -1.50. The number of hydrogen-bond donors (Lipinski definition) is 1. The molecule has 1 N–H and O–H groups in total. The zero-order valence-electron chi connectivity index (χ0n) is 12.4. The molecule has 21 heavy (non-hydrogen) atoms. The van der Waals surface area contributed by atoms with Gasteiger partial charge in [0.25, 0.3) is 5.91 Å². The van der Waals surface area contributed by atoms with Gasteiger partial charge in [0.2, 0.25) is 0 Å². The maximum Gasteiger partial charge on any atom is 0.254 e. The molecule has 1 saturated carbocycles. The number of carbonyl (C=O) groups excluding carboxylic acids is 1. The predicted molar refractivity (Wildman–Crippen MR) is 84.3 cm³/mol. The molecular formula is C17H20ClNO2. The van der Waals surface area contributed by atoms with Gasteiger partial charge in [-0.25, -0.2) is 0 Å². The lowest BCUT2D eigenvalue weighted by atomic mass is 10.1. The van der Waals surface area contributed by atoms with Gasteiger partial charge < -0.3 is 10.0 Å². The molecule has 1 fully saturated rings. The number of carbonyl (C=O) groups is 1. The number of aliphatic hydroxyl groups is 1. The van der Waals surface area contributed by atoms with Gasteiger partial charge in [0, 0.05) is 23.7 Å². The number of hydrogen-bond acceptors (Lipinski definition) is 2. The second-order valence-electron chi connectivity index (χ2n) is 5.74. The zero-order chi connectivity index (χ0) is 15.4. The van der Waals surface area contributed by atoms with Crippen molar-refractivity contribution in [2.45, 2.75) is 32.7 Å². The number of rotatable bonds is 4. The molecule has 0 heterocycles. The molecule has 0 aromatic heterocycles. The fourth-order valence-corrected chi connectivity index (χ4v) is 2.46. The Balaban J connectivity index is 2.20. The summed E-state index contributed by atoms with van der Waals surface area (Å²) < 4.78 is 0. The number of amides is 1. The summed E-state index contributed by atoms with van der Waals surface area (Å²) in [5.41, 5.74) is 1.23. The van der Waals surface area contributed by atoms with Gasteiger partial charge in [0.15, 0.2) is 0 Å². The Labute approximate surface area is 130 Å². The fraction of sp³-hybridized carbons (Fsp3) is 0.471. The lowest BCUT2D eigenvalue weighted by Crippen LogP contribution is -2.36. The summed E-state index contributed by atoms with van der Waals surface area (Å²) in [6, 6.07) is 5.54. The van der Waals surface area contributed by atoms with E-state index in [9.17, 15) is 4.79 Å². The number of benzene rings is 1. The minimum atomic E-state index is -0.207. The van der Waals surface area contributed by atoms with Gasteiger partial charge in [-0.15, -0.1) is 0 Å². The van der Waals surface area contributed by atoms with Gasteiger partial charge in [-0.3, -0.25) is 4.79 Å². The van der Waals surface area contributed by atoms with Crippen LogP contribution in [0.4, 0.5) is 0 Å². The summed E-state index contributed by atoms with van der Waals surface area (Å²) in [6.07, 6.45) is 2.18. The molecule has 1 aliphatic rings. The van der Waals surface area contributed by atoms with Crippen molar-refractivity contribution in [2.75, 3.05) is 13.2 Å². The summed E-state index contributed by atoms with van der Waals surface area (Å²) in [4.78, 5) is 14.6. The summed E-state index contributed by atoms with van der Waals surface area (Å²) in [6.45, 7) is 4.79. The maximum atomic E-state index is 12.6. The first kappa shape index (κ1) is 15.9. The molecule has 112 valence electrons. The molecule has 1 amide bonds. The van der Waals surface area contributed by atoms with E-state index in [2.05, 4.69) is 25.7 Å². The van der Waals surface area contributed by atoms with Crippen LogP contribution in [0.3, 0.4) is 0 Å². The fourth-order valence-electron chi connectivity index (χ4n) is 2.23. The first-order chi connectivity index (χ1) is 10.0. The highest BCUT2D eigenvalue weighted by Gasteiger charge is 2.33. The topological polar surface area (TPSA) is 40.5 Å². The molecule has 0 spiro atoms. The molecule has 0 unspecified atom stereocenters. The second-order valence-corrected chi connectivity index (χ2v) is 6.14. The van der Waals surface area contributed by atoms with Crippen LogP contribution < -0.4 is 0 Å². The minimum absolute atomic E-state index is 0.0368. The third-order valence-electron chi connectivity index (χ3n) is 3.33. The standard InChI is InChI=1S/C17H20ClNO2/c1-12(2)11-19(15-7-8-15)17(21)14-6-5-13(4-3-9-20)16(18)10-14/h5-6,10,12,15,20H,7-9,11H2,1-2H3. The molecule has 0 aliphatic heterocycles. The van der Waals surface area contributed by atoms with Gasteiger partial charge in [0.05, 0.1) is 5.02 Å². The van der Waals surface area contributed by atoms with E-state index in [0.29, 0.717) is 28.1 Å². The van der Waals surface area contributed by atoms with E-state index in [1.165, 1.54) is 0 Å². The van der Waals surface area contributed by atoms with Gasteiger partial charge in [0.1, 0.15) is 6.61 Å². The molecule has 0 radical (unpaired) electrons. The summed E-state index contributed by atoms with van der Waals surface area (Å²) in [5, 5.41) is 9.15. The Morgan fingerprint density at radius 1 is 1.48 bits per heavy atom. The minimum Gasteiger partial charge on any atom is -0.384 e. The predicted octanol–water partition coefficient (Wildman–Crippen LogP) is 2.94. The summed E-state index contributed by atoms with van der Waals surface area (Å²) in [7, 11) is 0. The second kappa shape index (κ2) is 6.98. The smallest absolute Gasteiger partial charge is 0.254 e. The third-order valence-corrected chi connectivity index (χ3v) is 3.64. The van der Waals surface area contributed by atoms with Crippen LogP contribution in [-0.2, 0) is 0 Å². The molecule has 4 heteroatoms. The van der Waals surface area contributed by atoms with E-state index in [1.807, 2.05) is 4.90 Å². The molecule has 0 bridgehead atoms. The van der Waals surface area contributed by atoms with E-state index < -0.39 is 0 Å². The maximum absolute atomic E-state index is 12.6. The Kier molecular flexibility index (Phi) is 5.27. The van der Waals surface area contributed by atoms with E-state index in [1.54, 1.807) is 18.2 Å². The highest BCUT2D eigenvalue weighted by atomic mass is 35.5. The monoisotopic (exact) mass is 305 g/mol. The van der Waals surface area contributed by atoms with Gasteiger partial charge in [-0.2, -0.15) is 0 Å². The first-order valence-electron chi connectivity index (χ1n) is 7.23. The van der Waals surface area contributed by atoms with E-state index in [4.69, 9.17) is 16.7 Å². The van der Waals surface area contributed by atoms with Crippen molar-refractivity contribution in [3.05, 3.63) is 34.3 Å². The highest BCUT2D eigenvalue weighted by molar-refractivity contribution is 6.32. The van der Waals surface area contributed by atoms with Crippen LogP contribution in [0.2, 0.25) is 5.02 Å². The van der Waals surface area contributed by atoms with Crippen LogP contribution in [0, 0.1) is 17.8 Å². The van der Waals surface area contributed by atoms with E-state index in [0.717, 1.165) is 19.4 Å². The molecule has 1 aliphatic carbocycles. The van der Waals surface area contributed by atoms with E-state index >= 15 is 0 Å². The van der Waals surface area contributed by atoms with Crippen molar-refractivity contribution in [2.24, 2.45) is 5.92 Å². The largest absolute Gasteiger partial charge is 0.384 e. The quantitative estimate of drug-likeness (QED) is 0.869. The average Bonchev–Trinajstić information content (AvgIpc) is 3.27. The van der Waals surface area contributed by atoms with Crippen LogP contribution in [0.25, 0.3) is 0 Å². The molecule has 1 aromatic carbocycles.